The van der Waals surface area contributed by atoms with Crippen molar-refractivity contribution in [2.24, 2.45) is 0 Å². The van der Waals surface area contributed by atoms with Gasteiger partial charge in [0.05, 0.1) is 6.61 Å². The predicted octanol–water partition coefficient (Wildman–Crippen LogP) is 5.13. The van der Waals surface area contributed by atoms with Crippen LogP contribution in [-0.4, -0.2) is 11.7 Å². The van der Waals surface area contributed by atoms with Crippen LogP contribution in [0.4, 0.5) is 4.39 Å². The summed E-state index contributed by atoms with van der Waals surface area (Å²) in [7, 11) is 0. The minimum absolute atomic E-state index is 0.0446. The summed E-state index contributed by atoms with van der Waals surface area (Å²) in [5.41, 5.74) is 4.84. The molecule has 0 heterocycles. The first-order valence-electron chi connectivity index (χ1n) is 8.79. The highest BCUT2D eigenvalue weighted by molar-refractivity contribution is 5.50. The Balaban J connectivity index is 1.98. The Kier molecular flexibility index (Phi) is 4.79. The van der Waals surface area contributed by atoms with Crippen molar-refractivity contribution in [1.29, 1.82) is 0 Å². The van der Waals surface area contributed by atoms with E-state index in [1.807, 2.05) is 26.8 Å². The summed E-state index contributed by atoms with van der Waals surface area (Å²) in [5.74, 6) is 0.701. The van der Waals surface area contributed by atoms with Gasteiger partial charge in [-0.15, -0.1) is 0 Å². The van der Waals surface area contributed by atoms with Gasteiger partial charge >= 0.3 is 0 Å². The fourth-order valence-corrected chi connectivity index (χ4v) is 3.72. The molecular formula is C21H25FO2. The molecule has 1 aliphatic rings. The van der Waals surface area contributed by atoms with Gasteiger partial charge in [-0.3, -0.25) is 0 Å². The molecule has 1 N–H and O–H groups in total. The maximum absolute atomic E-state index is 14.8. The molecule has 0 saturated heterocycles. The molecule has 0 aliphatic heterocycles. The van der Waals surface area contributed by atoms with Crippen LogP contribution in [0.5, 0.6) is 11.5 Å². The molecule has 3 rings (SSSR count). The van der Waals surface area contributed by atoms with Crippen LogP contribution in [0, 0.1) is 5.82 Å². The Morgan fingerprint density at radius 3 is 2.50 bits per heavy atom. The van der Waals surface area contributed by atoms with Gasteiger partial charge in [0, 0.05) is 12.0 Å². The van der Waals surface area contributed by atoms with Crippen molar-refractivity contribution < 1.29 is 14.2 Å². The number of phenols is 1. The smallest absolute Gasteiger partial charge is 0.133 e. The van der Waals surface area contributed by atoms with Crippen LogP contribution in [-0.2, 0) is 19.3 Å². The highest BCUT2D eigenvalue weighted by Gasteiger charge is 2.21. The zero-order chi connectivity index (χ0) is 17.3. The van der Waals surface area contributed by atoms with Crippen molar-refractivity contribution in [1.82, 2.24) is 0 Å². The number of fused-ring (bicyclic) bond motifs is 1. The average molecular weight is 328 g/mol. The number of rotatable bonds is 5. The summed E-state index contributed by atoms with van der Waals surface area (Å²) in [5, 5.41) is 9.95. The molecule has 2 aromatic rings. The van der Waals surface area contributed by atoms with E-state index in [9.17, 15) is 9.50 Å². The molecule has 0 saturated carbocycles. The lowest BCUT2D eigenvalue weighted by molar-refractivity contribution is 0.337. The van der Waals surface area contributed by atoms with E-state index >= 15 is 0 Å². The molecule has 2 aromatic carbocycles. The van der Waals surface area contributed by atoms with Gasteiger partial charge in [-0.1, -0.05) is 26.0 Å². The molecule has 2 nitrogen and oxygen atoms in total. The molecule has 24 heavy (non-hydrogen) atoms. The van der Waals surface area contributed by atoms with Crippen LogP contribution in [0.3, 0.4) is 0 Å². The normalized spacial score (nSPS) is 13.4. The zero-order valence-corrected chi connectivity index (χ0v) is 14.7. The van der Waals surface area contributed by atoms with Gasteiger partial charge in [0.25, 0.3) is 0 Å². The van der Waals surface area contributed by atoms with E-state index in [-0.39, 0.29) is 17.5 Å². The highest BCUT2D eigenvalue weighted by Crippen LogP contribution is 2.36. The predicted molar refractivity (Wildman–Crippen MR) is 94.6 cm³/mol. The molecule has 0 atom stereocenters. The Bertz CT molecular complexity index is 750. The Morgan fingerprint density at radius 2 is 1.79 bits per heavy atom. The molecule has 0 aromatic heterocycles. The minimum Gasteiger partial charge on any atom is -0.508 e. The van der Waals surface area contributed by atoms with Crippen LogP contribution >= 0.6 is 0 Å². The molecule has 1 aliphatic carbocycles. The number of benzene rings is 2. The number of hydrogen-bond donors (Lipinski definition) is 1. The van der Waals surface area contributed by atoms with E-state index in [2.05, 4.69) is 6.07 Å². The topological polar surface area (TPSA) is 29.5 Å². The van der Waals surface area contributed by atoms with E-state index in [0.717, 1.165) is 25.0 Å². The van der Waals surface area contributed by atoms with Crippen molar-refractivity contribution in [3.8, 4) is 11.5 Å². The van der Waals surface area contributed by atoms with Crippen LogP contribution < -0.4 is 4.74 Å². The van der Waals surface area contributed by atoms with Crippen molar-refractivity contribution in [3.05, 3.63) is 57.9 Å². The highest BCUT2D eigenvalue weighted by atomic mass is 19.1. The third kappa shape index (κ3) is 3.00. The zero-order valence-electron chi connectivity index (χ0n) is 14.7. The van der Waals surface area contributed by atoms with Gasteiger partial charge in [0.2, 0.25) is 0 Å². The Hall–Kier alpha value is -2.03. The van der Waals surface area contributed by atoms with Crippen LogP contribution in [0.1, 0.15) is 60.9 Å². The van der Waals surface area contributed by atoms with E-state index in [1.54, 1.807) is 12.1 Å². The maximum atomic E-state index is 14.8. The van der Waals surface area contributed by atoms with Gasteiger partial charge in [-0.2, -0.15) is 0 Å². The van der Waals surface area contributed by atoms with Crippen molar-refractivity contribution in [2.75, 3.05) is 6.61 Å². The molecule has 3 heteroatoms. The lowest BCUT2D eigenvalue weighted by Gasteiger charge is -2.16. The first-order valence-corrected chi connectivity index (χ1v) is 8.79. The number of phenolic OH excluding ortho intramolecular Hbond substituents is 1. The molecular weight excluding hydrogens is 303 g/mol. The number of hydrogen-bond acceptors (Lipinski definition) is 2. The summed E-state index contributed by atoms with van der Waals surface area (Å²) in [6.45, 7) is 6.46. The molecule has 128 valence electrons. The van der Waals surface area contributed by atoms with Gasteiger partial charge in [-0.05, 0) is 66.5 Å². The van der Waals surface area contributed by atoms with Crippen molar-refractivity contribution in [3.63, 3.8) is 0 Å². The van der Waals surface area contributed by atoms with Gasteiger partial charge < -0.3 is 9.84 Å². The Labute approximate surface area is 143 Å². The second-order valence-electron chi connectivity index (χ2n) is 6.77. The van der Waals surface area contributed by atoms with Gasteiger partial charge in [-0.25, -0.2) is 4.39 Å². The Morgan fingerprint density at radius 1 is 1.08 bits per heavy atom. The fourth-order valence-electron chi connectivity index (χ4n) is 3.72. The summed E-state index contributed by atoms with van der Waals surface area (Å²) in [6, 6.07) is 7.40. The molecule has 0 fully saturated rings. The van der Waals surface area contributed by atoms with Crippen molar-refractivity contribution in [2.45, 2.75) is 52.4 Å². The molecule has 0 unspecified atom stereocenters. The van der Waals surface area contributed by atoms with Crippen molar-refractivity contribution >= 4 is 0 Å². The average Bonchev–Trinajstić information content (AvgIpc) is 3.02. The third-order valence-corrected chi connectivity index (χ3v) is 4.83. The number of ether oxygens (including phenoxy) is 1. The standard InChI is InChI=1S/C21H25FO2/c1-4-24-19-11-9-14(16-6-5-7-17(16)19)12-15-8-10-18(23)20(13(2)3)21(15)22/h8-11,13,23H,4-7,12H2,1-3H3. The first-order chi connectivity index (χ1) is 11.5. The summed E-state index contributed by atoms with van der Waals surface area (Å²) in [6.07, 6.45) is 3.75. The second-order valence-corrected chi connectivity index (χ2v) is 6.77. The summed E-state index contributed by atoms with van der Waals surface area (Å²) >= 11 is 0. The minimum atomic E-state index is -0.273. The number of aromatic hydroxyl groups is 1. The molecule has 0 radical (unpaired) electrons. The van der Waals surface area contributed by atoms with E-state index < -0.39 is 0 Å². The maximum Gasteiger partial charge on any atom is 0.133 e. The molecule has 0 bridgehead atoms. The lowest BCUT2D eigenvalue weighted by Crippen LogP contribution is -2.03. The second kappa shape index (κ2) is 6.84. The monoisotopic (exact) mass is 328 g/mol. The fraction of sp³-hybridized carbons (Fsp3) is 0.429. The van der Waals surface area contributed by atoms with Crippen LogP contribution in [0.25, 0.3) is 0 Å². The van der Waals surface area contributed by atoms with Crippen LogP contribution in [0.2, 0.25) is 0 Å². The summed E-state index contributed by atoms with van der Waals surface area (Å²) in [4.78, 5) is 0. The van der Waals surface area contributed by atoms with E-state index in [4.69, 9.17) is 4.74 Å². The molecule has 0 amide bonds. The van der Waals surface area contributed by atoms with Crippen LogP contribution in [0.15, 0.2) is 24.3 Å². The third-order valence-electron chi connectivity index (χ3n) is 4.83. The molecule has 0 spiro atoms. The summed E-state index contributed by atoms with van der Waals surface area (Å²) < 4.78 is 20.6. The van der Waals surface area contributed by atoms with Gasteiger partial charge in [0.1, 0.15) is 17.3 Å². The SMILES string of the molecule is CCOc1ccc(Cc2ccc(O)c(C(C)C)c2F)c2c1CCC2. The number of halogens is 1. The van der Waals surface area contributed by atoms with Gasteiger partial charge in [0.15, 0.2) is 0 Å². The van der Waals surface area contributed by atoms with E-state index in [1.165, 1.54) is 16.7 Å². The van der Waals surface area contributed by atoms with E-state index in [0.29, 0.717) is 24.2 Å². The first kappa shape index (κ1) is 16.8. The quantitative estimate of drug-likeness (QED) is 0.824. The lowest BCUT2D eigenvalue weighted by atomic mass is 9.92. The largest absolute Gasteiger partial charge is 0.508 e.